The number of hydrogen-bond donors (Lipinski definition) is 0. The molecule has 0 saturated heterocycles. The lowest BCUT2D eigenvalue weighted by molar-refractivity contribution is -0.129. The summed E-state index contributed by atoms with van der Waals surface area (Å²) in [5.74, 6) is 2.60. The molecule has 1 amide bonds. The van der Waals surface area contributed by atoms with Gasteiger partial charge in [0.25, 0.3) is 0 Å². The van der Waals surface area contributed by atoms with E-state index in [1.54, 1.807) is 22.7 Å². The van der Waals surface area contributed by atoms with Crippen LogP contribution in [0.1, 0.15) is 36.3 Å². The Bertz CT molecular complexity index is 953. The SMILES string of the molecule is CCCN(Cc1nnc(-c2ccccc2Cl)o1)C(=O)CSCc1c(C)noc1C. The summed E-state index contributed by atoms with van der Waals surface area (Å²) >= 11 is 7.73. The molecule has 0 saturated carbocycles. The number of nitrogens with zero attached hydrogens (tertiary/aromatic N) is 4. The predicted octanol–water partition coefficient (Wildman–Crippen LogP) is 4.67. The van der Waals surface area contributed by atoms with Gasteiger partial charge in [-0.25, -0.2) is 0 Å². The van der Waals surface area contributed by atoms with Gasteiger partial charge in [-0.15, -0.1) is 22.0 Å². The number of thioether (sulfide) groups is 1. The second-order valence-electron chi connectivity index (χ2n) is 6.59. The minimum absolute atomic E-state index is 0.0288. The zero-order valence-corrected chi connectivity index (χ0v) is 18.2. The van der Waals surface area contributed by atoms with Crippen LogP contribution in [0.25, 0.3) is 11.5 Å². The average Bonchev–Trinajstić information content (AvgIpc) is 3.29. The van der Waals surface area contributed by atoms with E-state index in [0.29, 0.717) is 40.4 Å². The van der Waals surface area contributed by atoms with Crippen LogP contribution in [0.5, 0.6) is 0 Å². The van der Waals surface area contributed by atoms with Crippen LogP contribution in [-0.4, -0.2) is 38.5 Å². The first-order chi connectivity index (χ1) is 14.0. The second kappa shape index (κ2) is 9.93. The Hall–Kier alpha value is -2.32. The van der Waals surface area contributed by atoms with Crippen LogP contribution in [0.15, 0.2) is 33.2 Å². The fraction of sp³-hybridized carbons (Fsp3) is 0.400. The Labute approximate surface area is 178 Å². The van der Waals surface area contributed by atoms with Crippen molar-refractivity contribution in [2.24, 2.45) is 0 Å². The number of aryl methyl sites for hydroxylation is 2. The maximum atomic E-state index is 12.7. The van der Waals surface area contributed by atoms with Gasteiger partial charge >= 0.3 is 0 Å². The van der Waals surface area contributed by atoms with Crippen LogP contribution < -0.4 is 0 Å². The number of aromatic nitrogens is 3. The van der Waals surface area contributed by atoms with Crippen molar-refractivity contribution < 1.29 is 13.7 Å². The Balaban J connectivity index is 1.61. The molecule has 1 aromatic carbocycles. The van der Waals surface area contributed by atoms with E-state index in [0.717, 1.165) is 23.4 Å². The quantitative estimate of drug-likeness (QED) is 0.483. The molecule has 0 unspecified atom stereocenters. The molecule has 0 atom stereocenters. The van der Waals surface area contributed by atoms with Gasteiger partial charge in [0, 0.05) is 17.9 Å². The Morgan fingerprint density at radius 2 is 2.03 bits per heavy atom. The van der Waals surface area contributed by atoms with Crippen LogP contribution in [-0.2, 0) is 17.1 Å². The van der Waals surface area contributed by atoms with Crippen LogP contribution in [0.3, 0.4) is 0 Å². The van der Waals surface area contributed by atoms with E-state index < -0.39 is 0 Å². The summed E-state index contributed by atoms with van der Waals surface area (Å²) in [6.07, 6.45) is 0.839. The molecule has 2 heterocycles. The van der Waals surface area contributed by atoms with Crippen molar-refractivity contribution in [3.8, 4) is 11.5 Å². The standard InChI is InChI=1S/C20H23ClN4O3S/c1-4-9-25(19(26)12-29-11-16-13(2)24-28-14(16)3)10-18-22-23-20(27-18)15-7-5-6-8-17(15)21/h5-8H,4,9-12H2,1-3H3. The molecule has 0 aliphatic heterocycles. The number of carbonyl (C=O) groups is 1. The number of carbonyl (C=O) groups excluding carboxylic acids is 1. The van der Waals surface area contributed by atoms with Gasteiger partial charge < -0.3 is 13.8 Å². The highest BCUT2D eigenvalue weighted by Crippen LogP contribution is 2.26. The second-order valence-corrected chi connectivity index (χ2v) is 7.98. The van der Waals surface area contributed by atoms with E-state index in [4.69, 9.17) is 20.5 Å². The molecule has 0 radical (unpaired) electrons. The zero-order chi connectivity index (χ0) is 20.8. The Kier molecular flexibility index (Phi) is 7.33. The summed E-state index contributed by atoms with van der Waals surface area (Å²) in [4.78, 5) is 14.5. The van der Waals surface area contributed by atoms with Gasteiger partial charge in [-0.2, -0.15) is 0 Å². The minimum Gasteiger partial charge on any atom is -0.419 e. The minimum atomic E-state index is 0.0288. The number of hydrogen-bond acceptors (Lipinski definition) is 7. The third-order valence-corrected chi connectivity index (χ3v) is 5.67. The Morgan fingerprint density at radius 3 is 2.72 bits per heavy atom. The molecule has 0 spiro atoms. The first-order valence-electron chi connectivity index (χ1n) is 9.34. The van der Waals surface area contributed by atoms with Crippen molar-refractivity contribution in [3.63, 3.8) is 0 Å². The predicted molar refractivity (Wildman–Crippen MR) is 113 cm³/mol. The molecule has 0 fully saturated rings. The van der Waals surface area contributed by atoms with E-state index in [2.05, 4.69) is 15.4 Å². The van der Waals surface area contributed by atoms with E-state index in [9.17, 15) is 4.79 Å². The van der Waals surface area contributed by atoms with Crippen molar-refractivity contribution in [1.29, 1.82) is 0 Å². The molecule has 2 aromatic heterocycles. The van der Waals surface area contributed by atoms with Gasteiger partial charge in [-0.1, -0.05) is 35.8 Å². The van der Waals surface area contributed by atoms with Crippen molar-refractivity contribution in [3.05, 3.63) is 52.2 Å². The topological polar surface area (TPSA) is 85.3 Å². The Morgan fingerprint density at radius 1 is 1.24 bits per heavy atom. The average molecular weight is 435 g/mol. The first-order valence-corrected chi connectivity index (χ1v) is 10.9. The van der Waals surface area contributed by atoms with Crippen molar-refractivity contribution in [1.82, 2.24) is 20.3 Å². The van der Waals surface area contributed by atoms with Crippen LogP contribution >= 0.6 is 23.4 Å². The molecule has 29 heavy (non-hydrogen) atoms. The summed E-state index contributed by atoms with van der Waals surface area (Å²) in [7, 11) is 0. The lowest BCUT2D eigenvalue weighted by atomic mass is 10.2. The van der Waals surface area contributed by atoms with E-state index >= 15 is 0 Å². The van der Waals surface area contributed by atoms with Crippen LogP contribution in [0.2, 0.25) is 5.02 Å². The maximum Gasteiger partial charge on any atom is 0.249 e. The molecule has 154 valence electrons. The zero-order valence-electron chi connectivity index (χ0n) is 16.6. The molecular weight excluding hydrogens is 412 g/mol. The number of rotatable bonds is 9. The summed E-state index contributed by atoms with van der Waals surface area (Å²) < 4.78 is 10.9. The first kappa shape index (κ1) is 21.4. The number of benzene rings is 1. The lowest BCUT2D eigenvalue weighted by Gasteiger charge is -2.20. The molecule has 9 heteroatoms. The molecule has 0 aliphatic carbocycles. The van der Waals surface area contributed by atoms with Crippen molar-refractivity contribution in [2.45, 2.75) is 39.5 Å². The van der Waals surface area contributed by atoms with Crippen molar-refractivity contribution >= 4 is 29.3 Å². The largest absolute Gasteiger partial charge is 0.419 e. The molecule has 0 N–H and O–H groups in total. The molecule has 0 aliphatic rings. The number of halogens is 1. The summed E-state index contributed by atoms with van der Waals surface area (Å²) in [6, 6.07) is 7.28. The number of amides is 1. The van der Waals surface area contributed by atoms with Gasteiger partial charge in [0.2, 0.25) is 17.7 Å². The summed E-state index contributed by atoms with van der Waals surface area (Å²) in [5.41, 5.74) is 2.59. The van der Waals surface area contributed by atoms with E-state index in [-0.39, 0.29) is 12.5 Å². The van der Waals surface area contributed by atoms with Crippen LogP contribution in [0, 0.1) is 13.8 Å². The molecule has 7 nitrogen and oxygen atoms in total. The maximum absolute atomic E-state index is 12.7. The highest BCUT2D eigenvalue weighted by atomic mass is 35.5. The van der Waals surface area contributed by atoms with Gasteiger partial charge in [-0.05, 0) is 32.4 Å². The lowest BCUT2D eigenvalue weighted by Crippen LogP contribution is -2.32. The fourth-order valence-corrected chi connectivity index (χ4v) is 4.12. The van der Waals surface area contributed by atoms with Gasteiger partial charge in [0.1, 0.15) is 5.76 Å². The fourth-order valence-electron chi connectivity index (χ4n) is 2.83. The highest BCUT2D eigenvalue weighted by Gasteiger charge is 2.19. The van der Waals surface area contributed by atoms with Gasteiger partial charge in [0.05, 0.1) is 28.6 Å². The molecule has 3 aromatic rings. The third kappa shape index (κ3) is 5.39. The van der Waals surface area contributed by atoms with Gasteiger partial charge in [-0.3, -0.25) is 4.79 Å². The smallest absolute Gasteiger partial charge is 0.249 e. The summed E-state index contributed by atoms with van der Waals surface area (Å²) in [5, 5.41) is 12.6. The third-order valence-electron chi connectivity index (χ3n) is 4.40. The highest BCUT2D eigenvalue weighted by molar-refractivity contribution is 7.99. The summed E-state index contributed by atoms with van der Waals surface area (Å²) in [6.45, 7) is 6.71. The van der Waals surface area contributed by atoms with E-state index in [1.165, 1.54) is 0 Å². The van der Waals surface area contributed by atoms with Crippen LogP contribution in [0.4, 0.5) is 0 Å². The molecule has 3 rings (SSSR count). The van der Waals surface area contributed by atoms with E-state index in [1.807, 2.05) is 39.0 Å². The normalized spacial score (nSPS) is 11.0. The molecular formula is C20H23ClN4O3S. The monoisotopic (exact) mass is 434 g/mol. The van der Waals surface area contributed by atoms with Gasteiger partial charge in [0.15, 0.2) is 0 Å². The molecule has 0 bridgehead atoms. The van der Waals surface area contributed by atoms with Crippen molar-refractivity contribution in [2.75, 3.05) is 12.3 Å².